The standard InChI is InChI=1S/C48H29N3S/c1-2-14-32(15-3-1)49-39-22-10-8-19-36(39)46-37-20-12-24-43-47(37)51(48(46)49)41-27-26-31(29-44(41)52-43)33-16-6-9-21-38(33)50-40-23-11-7-18-35(40)45-34-17-5-4-13-30(34)25-28-42(45)50/h1-29H. The lowest BCUT2D eigenvalue weighted by Crippen LogP contribution is -2.06. The van der Waals surface area contributed by atoms with Crippen LogP contribution >= 0.6 is 11.8 Å². The number of hydrogen-bond acceptors (Lipinski definition) is 1. The molecule has 0 amide bonds. The van der Waals surface area contributed by atoms with Crippen molar-refractivity contribution in [3.8, 4) is 28.2 Å². The molecule has 3 nitrogen and oxygen atoms in total. The lowest BCUT2D eigenvalue weighted by molar-refractivity contribution is 1.03. The molecule has 0 atom stereocenters. The van der Waals surface area contributed by atoms with Crippen molar-refractivity contribution in [1.82, 2.24) is 13.7 Å². The molecule has 52 heavy (non-hydrogen) atoms. The van der Waals surface area contributed by atoms with Gasteiger partial charge >= 0.3 is 0 Å². The Kier molecular flexibility index (Phi) is 5.71. The van der Waals surface area contributed by atoms with Gasteiger partial charge in [0.25, 0.3) is 0 Å². The Morgan fingerprint density at radius 2 is 1.08 bits per heavy atom. The molecule has 0 unspecified atom stereocenters. The summed E-state index contributed by atoms with van der Waals surface area (Å²) < 4.78 is 7.43. The first-order valence-corrected chi connectivity index (χ1v) is 18.6. The zero-order valence-electron chi connectivity index (χ0n) is 28.0. The van der Waals surface area contributed by atoms with E-state index in [9.17, 15) is 0 Å². The van der Waals surface area contributed by atoms with Gasteiger partial charge in [-0.15, -0.1) is 0 Å². The molecular weight excluding hydrogens is 651 g/mol. The first-order chi connectivity index (χ1) is 25.8. The first-order valence-electron chi connectivity index (χ1n) is 17.8. The van der Waals surface area contributed by atoms with Crippen LogP contribution in [-0.2, 0) is 0 Å². The second-order valence-corrected chi connectivity index (χ2v) is 14.8. The third kappa shape index (κ3) is 3.71. The molecule has 3 aromatic heterocycles. The summed E-state index contributed by atoms with van der Waals surface area (Å²) >= 11 is 1.88. The molecule has 8 aromatic carbocycles. The summed E-state index contributed by atoms with van der Waals surface area (Å²) in [4.78, 5) is 2.53. The zero-order chi connectivity index (χ0) is 33.9. The molecule has 0 radical (unpaired) electrons. The summed E-state index contributed by atoms with van der Waals surface area (Å²) in [5, 5.41) is 9.00. The minimum atomic E-state index is 1.17. The number of aromatic nitrogens is 3. The van der Waals surface area contributed by atoms with Gasteiger partial charge in [-0.3, -0.25) is 9.13 Å². The van der Waals surface area contributed by atoms with Crippen LogP contribution in [0.2, 0.25) is 0 Å². The fourth-order valence-corrected chi connectivity index (χ4v) is 10.0. The van der Waals surface area contributed by atoms with Gasteiger partial charge in [0.2, 0.25) is 0 Å². The van der Waals surface area contributed by atoms with E-state index in [2.05, 4.69) is 190 Å². The molecule has 1 aliphatic heterocycles. The van der Waals surface area contributed by atoms with Crippen molar-refractivity contribution in [1.29, 1.82) is 0 Å². The summed E-state index contributed by atoms with van der Waals surface area (Å²) in [6.07, 6.45) is 0. The molecule has 1 aliphatic rings. The highest BCUT2D eigenvalue weighted by atomic mass is 32.2. The molecule has 11 aromatic rings. The van der Waals surface area contributed by atoms with Crippen LogP contribution in [-0.4, -0.2) is 13.7 Å². The van der Waals surface area contributed by atoms with Gasteiger partial charge in [-0.05, 0) is 70.9 Å². The summed E-state index contributed by atoms with van der Waals surface area (Å²) in [5.41, 5.74) is 12.1. The number of fused-ring (bicyclic) bond motifs is 12. The number of hydrogen-bond donors (Lipinski definition) is 0. The highest BCUT2D eigenvalue weighted by molar-refractivity contribution is 7.99. The van der Waals surface area contributed by atoms with E-state index in [-0.39, 0.29) is 0 Å². The van der Waals surface area contributed by atoms with Gasteiger partial charge in [0.15, 0.2) is 0 Å². The van der Waals surface area contributed by atoms with Crippen molar-refractivity contribution in [2.24, 2.45) is 0 Å². The van der Waals surface area contributed by atoms with Crippen LogP contribution in [0.25, 0.3) is 93.6 Å². The van der Waals surface area contributed by atoms with E-state index in [0.29, 0.717) is 0 Å². The second kappa shape index (κ2) is 10.5. The van der Waals surface area contributed by atoms with Crippen LogP contribution in [0.3, 0.4) is 0 Å². The molecule has 0 saturated heterocycles. The van der Waals surface area contributed by atoms with Crippen LogP contribution < -0.4 is 0 Å². The van der Waals surface area contributed by atoms with Crippen LogP contribution in [0.5, 0.6) is 0 Å². The minimum Gasteiger partial charge on any atom is -0.309 e. The summed E-state index contributed by atoms with van der Waals surface area (Å²) in [5.74, 6) is 0. The maximum absolute atomic E-state index is 2.52. The molecule has 0 saturated carbocycles. The van der Waals surface area contributed by atoms with Crippen LogP contribution in [0.1, 0.15) is 0 Å². The predicted octanol–water partition coefficient (Wildman–Crippen LogP) is 13.1. The Balaban J connectivity index is 1.12. The van der Waals surface area contributed by atoms with Gasteiger partial charge in [-0.2, -0.15) is 0 Å². The molecular formula is C48H29N3S. The van der Waals surface area contributed by atoms with Crippen molar-refractivity contribution in [2.45, 2.75) is 9.79 Å². The Morgan fingerprint density at radius 3 is 1.94 bits per heavy atom. The molecule has 4 heterocycles. The topological polar surface area (TPSA) is 14.8 Å². The van der Waals surface area contributed by atoms with Crippen molar-refractivity contribution < 1.29 is 0 Å². The molecule has 0 fully saturated rings. The van der Waals surface area contributed by atoms with Crippen LogP contribution in [0.15, 0.2) is 186 Å². The van der Waals surface area contributed by atoms with E-state index in [0.717, 1.165) is 0 Å². The van der Waals surface area contributed by atoms with Gasteiger partial charge in [-0.25, -0.2) is 0 Å². The average Bonchev–Trinajstić information content (AvgIpc) is 3.85. The van der Waals surface area contributed by atoms with E-state index >= 15 is 0 Å². The lowest BCUT2D eigenvalue weighted by atomic mass is 10.0. The summed E-state index contributed by atoms with van der Waals surface area (Å²) in [7, 11) is 0. The highest BCUT2D eigenvalue weighted by Gasteiger charge is 2.28. The third-order valence-electron chi connectivity index (χ3n) is 11.0. The normalized spacial score (nSPS) is 12.5. The maximum atomic E-state index is 2.52. The van der Waals surface area contributed by atoms with Gasteiger partial charge in [0.05, 0.1) is 33.4 Å². The largest absolute Gasteiger partial charge is 0.309 e. The molecule has 0 N–H and O–H groups in total. The molecule has 0 bridgehead atoms. The average molecular weight is 680 g/mol. The zero-order valence-corrected chi connectivity index (χ0v) is 28.8. The molecule has 0 aliphatic carbocycles. The smallest absolute Gasteiger partial charge is 0.131 e. The third-order valence-corrected chi connectivity index (χ3v) is 12.1. The fourth-order valence-electron chi connectivity index (χ4n) is 8.90. The second-order valence-electron chi connectivity index (χ2n) is 13.7. The number of para-hydroxylation sites is 5. The summed E-state index contributed by atoms with van der Waals surface area (Å²) in [6, 6.07) is 64.5. The monoisotopic (exact) mass is 679 g/mol. The van der Waals surface area contributed by atoms with Gasteiger partial charge in [-0.1, -0.05) is 133 Å². The fraction of sp³-hybridized carbons (Fsp3) is 0. The van der Waals surface area contributed by atoms with Crippen LogP contribution in [0, 0.1) is 0 Å². The molecule has 242 valence electrons. The Hall–Kier alpha value is -6.49. The Bertz CT molecular complexity index is 3270. The quantitative estimate of drug-likeness (QED) is 0.181. The Morgan fingerprint density at radius 1 is 0.385 bits per heavy atom. The molecule has 12 rings (SSSR count). The van der Waals surface area contributed by atoms with Crippen molar-refractivity contribution in [3.63, 3.8) is 0 Å². The number of rotatable bonds is 3. The van der Waals surface area contributed by atoms with Gasteiger partial charge in [0, 0.05) is 48.0 Å². The number of benzene rings is 8. The highest BCUT2D eigenvalue weighted by Crippen LogP contribution is 2.50. The predicted molar refractivity (Wildman–Crippen MR) is 219 cm³/mol. The summed E-state index contributed by atoms with van der Waals surface area (Å²) in [6.45, 7) is 0. The molecule has 0 spiro atoms. The SMILES string of the molecule is c1ccc(-n2c3ccccc3c3c4cccc5c4n(c32)-c2ccc(-c3ccccc3-n3c4ccccc4c4c6ccccc6ccc43)cc2S5)cc1. The van der Waals surface area contributed by atoms with Crippen molar-refractivity contribution in [2.75, 3.05) is 0 Å². The van der Waals surface area contributed by atoms with Crippen molar-refractivity contribution >= 4 is 77.2 Å². The minimum absolute atomic E-state index is 1.17. The van der Waals surface area contributed by atoms with Crippen molar-refractivity contribution in [3.05, 3.63) is 176 Å². The van der Waals surface area contributed by atoms with Crippen LogP contribution in [0.4, 0.5) is 0 Å². The van der Waals surface area contributed by atoms with E-state index in [4.69, 9.17) is 0 Å². The van der Waals surface area contributed by atoms with E-state index < -0.39 is 0 Å². The van der Waals surface area contributed by atoms with Gasteiger partial charge < -0.3 is 4.57 Å². The maximum Gasteiger partial charge on any atom is 0.131 e. The molecule has 4 heteroatoms. The van der Waals surface area contributed by atoms with Gasteiger partial charge in [0.1, 0.15) is 5.65 Å². The van der Waals surface area contributed by atoms with E-state index in [1.165, 1.54) is 103 Å². The lowest BCUT2D eigenvalue weighted by Gasteiger charge is -2.22. The number of nitrogens with zero attached hydrogens (tertiary/aromatic N) is 3. The van der Waals surface area contributed by atoms with E-state index in [1.54, 1.807) is 0 Å². The Labute approximate surface area is 303 Å². The van der Waals surface area contributed by atoms with E-state index in [1.807, 2.05) is 11.8 Å². The first kappa shape index (κ1) is 28.2.